The summed E-state index contributed by atoms with van der Waals surface area (Å²) in [5.74, 6) is -1.22. The molecule has 0 radical (unpaired) electrons. The predicted molar refractivity (Wildman–Crippen MR) is 101 cm³/mol. The van der Waals surface area contributed by atoms with Gasteiger partial charge in [0.1, 0.15) is 9.21 Å². The maximum Gasteiger partial charge on any atom is 0.310 e. The molecule has 0 atom stereocenters. The largest absolute Gasteiger partial charge is 0.394 e. The molecule has 0 fully saturated rings. The van der Waals surface area contributed by atoms with Crippen molar-refractivity contribution in [1.82, 2.24) is 9.97 Å². The van der Waals surface area contributed by atoms with Crippen LogP contribution in [0.15, 0.2) is 20.0 Å². The van der Waals surface area contributed by atoms with Gasteiger partial charge < -0.3 is 15.8 Å². The SMILES string of the molecule is CC(=O)Nc1nc(Br)cs1.CC(=O)OC(C)=O.Nc1nc(Br)cs1. The first-order chi connectivity index (χ1) is 11.1. The molecule has 0 aromatic carbocycles. The van der Waals surface area contributed by atoms with Gasteiger partial charge in [0.25, 0.3) is 0 Å². The summed E-state index contributed by atoms with van der Waals surface area (Å²) in [5, 5.41) is 7.45. The third kappa shape index (κ3) is 13.1. The zero-order valence-electron chi connectivity index (χ0n) is 12.8. The lowest BCUT2D eigenvalue weighted by atomic mass is 10.7. The number of nitrogen functional groups attached to an aromatic ring is 1. The van der Waals surface area contributed by atoms with Gasteiger partial charge in [0.15, 0.2) is 10.3 Å². The number of aromatic nitrogens is 2. The second-order valence-electron chi connectivity index (χ2n) is 3.75. The number of amides is 1. The number of anilines is 2. The second-order valence-corrected chi connectivity index (χ2v) is 7.12. The van der Waals surface area contributed by atoms with Gasteiger partial charge in [-0.15, -0.1) is 22.7 Å². The van der Waals surface area contributed by atoms with E-state index in [0.717, 1.165) is 9.21 Å². The third-order valence-electron chi connectivity index (χ3n) is 1.54. The van der Waals surface area contributed by atoms with E-state index in [4.69, 9.17) is 5.73 Å². The molecule has 0 unspecified atom stereocenters. The number of ether oxygens (including phenoxy) is 1. The molecule has 132 valence electrons. The molecular weight excluding hydrogens is 488 g/mol. The van der Waals surface area contributed by atoms with E-state index in [-0.39, 0.29) is 5.91 Å². The quantitative estimate of drug-likeness (QED) is 0.452. The van der Waals surface area contributed by atoms with Crippen LogP contribution in [0.25, 0.3) is 0 Å². The summed E-state index contributed by atoms with van der Waals surface area (Å²) in [6.45, 7) is 3.82. The van der Waals surface area contributed by atoms with E-state index in [2.05, 4.69) is 51.9 Å². The summed E-state index contributed by atoms with van der Waals surface area (Å²) in [6, 6.07) is 0. The van der Waals surface area contributed by atoms with Crippen molar-refractivity contribution < 1.29 is 19.1 Å². The minimum absolute atomic E-state index is 0.0955. The molecule has 0 aliphatic carbocycles. The van der Waals surface area contributed by atoms with Gasteiger partial charge in [-0.25, -0.2) is 9.97 Å². The minimum Gasteiger partial charge on any atom is -0.394 e. The van der Waals surface area contributed by atoms with Crippen molar-refractivity contribution in [2.75, 3.05) is 11.1 Å². The van der Waals surface area contributed by atoms with E-state index in [1.165, 1.54) is 43.4 Å². The molecule has 2 heterocycles. The highest BCUT2D eigenvalue weighted by atomic mass is 79.9. The number of nitrogens with zero attached hydrogens (tertiary/aromatic N) is 2. The zero-order chi connectivity index (χ0) is 18.7. The lowest BCUT2D eigenvalue weighted by molar-refractivity contribution is -0.156. The summed E-state index contributed by atoms with van der Waals surface area (Å²) in [6.07, 6.45) is 0. The number of nitrogens with two attached hydrogens (primary N) is 1. The van der Waals surface area contributed by atoms with Crippen LogP contribution in [0.1, 0.15) is 20.8 Å². The van der Waals surface area contributed by atoms with Crippen LogP contribution in [-0.2, 0) is 19.1 Å². The van der Waals surface area contributed by atoms with Crippen molar-refractivity contribution in [2.45, 2.75) is 20.8 Å². The van der Waals surface area contributed by atoms with E-state index in [9.17, 15) is 14.4 Å². The Labute approximate surface area is 163 Å². The average molecular weight is 502 g/mol. The van der Waals surface area contributed by atoms with Crippen molar-refractivity contribution in [3.8, 4) is 0 Å². The van der Waals surface area contributed by atoms with Gasteiger partial charge in [0.05, 0.1) is 0 Å². The van der Waals surface area contributed by atoms with Gasteiger partial charge in [-0.05, 0) is 31.9 Å². The van der Waals surface area contributed by atoms with Gasteiger partial charge >= 0.3 is 11.9 Å². The Bertz CT molecular complexity index is 662. The third-order valence-corrected chi connectivity index (χ3v) is 4.39. The predicted octanol–water partition coefficient (Wildman–Crippen LogP) is 3.45. The average Bonchev–Trinajstić information content (AvgIpc) is 2.97. The number of hydrogen-bond acceptors (Lipinski definition) is 9. The lowest BCUT2D eigenvalue weighted by Crippen LogP contribution is -2.04. The van der Waals surface area contributed by atoms with Gasteiger partial charge in [0.2, 0.25) is 5.91 Å². The number of halogens is 2. The molecule has 1 amide bonds. The Kier molecular flexibility index (Phi) is 11.4. The van der Waals surface area contributed by atoms with Gasteiger partial charge in [-0.3, -0.25) is 14.4 Å². The monoisotopic (exact) mass is 500 g/mol. The van der Waals surface area contributed by atoms with Gasteiger partial charge in [-0.2, -0.15) is 0 Å². The van der Waals surface area contributed by atoms with Crippen molar-refractivity contribution >= 4 is 82.6 Å². The molecular formula is C12H14Br2N4O4S2. The zero-order valence-corrected chi connectivity index (χ0v) is 17.6. The molecule has 8 nitrogen and oxygen atoms in total. The fourth-order valence-electron chi connectivity index (χ4n) is 0.932. The molecule has 0 aliphatic rings. The van der Waals surface area contributed by atoms with E-state index in [1.807, 2.05) is 10.8 Å². The van der Waals surface area contributed by atoms with Crippen LogP contribution in [-0.4, -0.2) is 27.8 Å². The molecule has 0 spiro atoms. The normalized spacial score (nSPS) is 8.88. The fourth-order valence-corrected chi connectivity index (χ4v) is 3.13. The van der Waals surface area contributed by atoms with Crippen LogP contribution in [0.5, 0.6) is 0 Å². The first-order valence-electron chi connectivity index (χ1n) is 6.04. The summed E-state index contributed by atoms with van der Waals surface area (Å²) in [4.78, 5) is 37.9. The maximum absolute atomic E-state index is 10.5. The maximum atomic E-state index is 10.5. The summed E-state index contributed by atoms with van der Waals surface area (Å²) in [7, 11) is 0. The van der Waals surface area contributed by atoms with Gasteiger partial charge in [0, 0.05) is 31.5 Å². The molecule has 0 saturated carbocycles. The van der Waals surface area contributed by atoms with E-state index >= 15 is 0 Å². The lowest BCUT2D eigenvalue weighted by Gasteiger charge is -1.91. The number of rotatable bonds is 1. The molecule has 24 heavy (non-hydrogen) atoms. The smallest absolute Gasteiger partial charge is 0.310 e. The number of thiazole rings is 2. The van der Waals surface area contributed by atoms with E-state index in [1.54, 1.807) is 0 Å². The number of carbonyl (C=O) groups is 3. The molecule has 0 saturated heterocycles. The summed E-state index contributed by atoms with van der Waals surface area (Å²) >= 11 is 9.13. The van der Waals surface area contributed by atoms with Crippen molar-refractivity contribution in [3.63, 3.8) is 0 Å². The van der Waals surface area contributed by atoms with E-state index in [0.29, 0.717) is 10.3 Å². The Hall–Kier alpha value is -1.37. The Balaban J connectivity index is 0.000000340. The Morgan fingerprint density at radius 1 is 1.04 bits per heavy atom. The second kappa shape index (κ2) is 12.1. The first kappa shape index (κ1) is 22.6. The highest BCUT2D eigenvalue weighted by Crippen LogP contribution is 2.18. The highest BCUT2D eigenvalue weighted by molar-refractivity contribution is 9.10. The van der Waals surface area contributed by atoms with E-state index < -0.39 is 11.9 Å². The minimum atomic E-state index is -0.562. The van der Waals surface area contributed by atoms with Crippen molar-refractivity contribution in [3.05, 3.63) is 20.0 Å². The molecule has 0 bridgehead atoms. The summed E-state index contributed by atoms with van der Waals surface area (Å²) < 4.78 is 5.54. The molecule has 12 heteroatoms. The molecule has 3 N–H and O–H groups in total. The fraction of sp³-hybridized carbons (Fsp3) is 0.250. The Morgan fingerprint density at radius 3 is 1.75 bits per heavy atom. The number of hydrogen-bond donors (Lipinski definition) is 2. The van der Waals surface area contributed by atoms with Crippen LogP contribution in [0.4, 0.5) is 10.3 Å². The first-order valence-corrected chi connectivity index (χ1v) is 9.38. The van der Waals surface area contributed by atoms with Crippen molar-refractivity contribution in [2.24, 2.45) is 0 Å². The summed E-state index contributed by atoms with van der Waals surface area (Å²) in [5.41, 5.74) is 5.26. The standard InChI is InChI=1S/C5H5BrN2OS.C4H6O3.C3H3BrN2S/c1-3(9)7-5-8-4(6)2-10-5;1-3(5)7-4(2)6;4-2-1-7-3(5)6-2/h2H,1H3,(H,7,8,9);1-2H3;1H,(H2,5,6). The van der Waals surface area contributed by atoms with Crippen LogP contribution in [0.3, 0.4) is 0 Å². The molecule has 2 aromatic heterocycles. The molecule has 0 aliphatic heterocycles. The Morgan fingerprint density at radius 2 is 1.54 bits per heavy atom. The number of nitrogens with one attached hydrogen (secondary N) is 1. The number of carbonyl (C=O) groups excluding carboxylic acids is 3. The van der Waals surface area contributed by atoms with Crippen LogP contribution in [0, 0.1) is 0 Å². The topological polar surface area (TPSA) is 124 Å². The van der Waals surface area contributed by atoms with Crippen LogP contribution < -0.4 is 11.1 Å². The van der Waals surface area contributed by atoms with Crippen molar-refractivity contribution in [1.29, 1.82) is 0 Å². The van der Waals surface area contributed by atoms with Crippen LogP contribution >= 0.6 is 54.5 Å². The highest BCUT2D eigenvalue weighted by Gasteiger charge is 1.99. The molecule has 2 aromatic rings. The number of esters is 2. The molecule has 2 rings (SSSR count). The van der Waals surface area contributed by atoms with Gasteiger partial charge in [-0.1, -0.05) is 0 Å². The van der Waals surface area contributed by atoms with Crippen LogP contribution in [0.2, 0.25) is 0 Å².